The summed E-state index contributed by atoms with van der Waals surface area (Å²) >= 11 is 12.1. The molecule has 39 heavy (non-hydrogen) atoms. The average Bonchev–Trinajstić information content (AvgIpc) is 2.89. The smallest absolute Gasteiger partial charge is 0.410 e. The number of benzene rings is 2. The van der Waals surface area contributed by atoms with Crippen molar-refractivity contribution in [3.05, 3.63) is 63.6 Å². The molecule has 216 valence electrons. The van der Waals surface area contributed by atoms with Gasteiger partial charge in [0, 0.05) is 36.2 Å². The van der Waals surface area contributed by atoms with Crippen LogP contribution in [0.5, 0.6) is 5.75 Å². The number of carbonyl (C=O) groups excluding carboxylic acids is 1. The van der Waals surface area contributed by atoms with Crippen LogP contribution in [-0.2, 0) is 32.0 Å². The van der Waals surface area contributed by atoms with Gasteiger partial charge < -0.3 is 29.0 Å². The molecule has 0 aromatic heterocycles. The van der Waals surface area contributed by atoms with Gasteiger partial charge in [0.2, 0.25) is 0 Å². The van der Waals surface area contributed by atoms with E-state index in [1.54, 1.807) is 30.0 Å². The minimum absolute atomic E-state index is 0.173. The highest BCUT2D eigenvalue weighted by Crippen LogP contribution is 2.20. The Hall–Kier alpha value is -2.52. The summed E-state index contributed by atoms with van der Waals surface area (Å²) in [7, 11) is 0. The third kappa shape index (κ3) is 12.9. The van der Waals surface area contributed by atoms with E-state index in [1.807, 2.05) is 38.1 Å². The molecule has 0 saturated heterocycles. The number of carbonyl (C=O) groups is 2. The molecule has 2 unspecified atom stereocenters. The number of hydrogen-bond acceptors (Lipinski definition) is 6. The van der Waals surface area contributed by atoms with Gasteiger partial charge in [-0.15, -0.1) is 0 Å². The van der Waals surface area contributed by atoms with Crippen molar-refractivity contribution < 1.29 is 33.6 Å². The van der Waals surface area contributed by atoms with Gasteiger partial charge in [0.05, 0.1) is 13.2 Å². The first-order valence-electron chi connectivity index (χ1n) is 13.3. The Bertz CT molecular complexity index is 999. The summed E-state index contributed by atoms with van der Waals surface area (Å²) in [6, 6.07) is 12.5. The molecular formula is C29H39Cl2NO7. The number of nitrogens with zero attached hydrogens (tertiary/aromatic N) is 1. The number of carboxylic acid groups (broad SMARTS) is 1. The second-order valence-corrected chi connectivity index (χ2v) is 9.98. The van der Waals surface area contributed by atoms with Gasteiger partial charge in [0.25, 0.3) is 0 Å². The Morgan fingerprint density at radius 3 is 2.26 bits per heavy atom. The third-order valence-electron chi connectivity index (χ3n) is 5.91. The lowest BCUT2D eigenvalue weighted by molar-refractivity contribution is -0.149. The van der Waals surface area contributed by atoms with E-state index >= 15 is 0 Å². The van der Waals surface area contributed by atoms with Gasteiger partial charge in [-0.25, -0.2) is 9.59 Å². The van der Waals surface area contributed by atoms with Gasteiger partial charge in [-0.05, 0) is 74.6 Å². The second kappa shape index (κ2) is 17.9. The number of hydrogen-bond donors (Lipinski definition) is 1. The quantitative estimate of drug-likeness (QED) is 0.196. The van der Waals surface area contributed by atoms with Crippen LogP contribution in [0.1, 0.15) is 51.2 Å². The van der Waals surface area contributed by atoms with Gasteiger partial charge in [0.15, 0.2) is 6.10 Å². The standard InChI is InChI=1S/C29H39Cl2NO7/c1-4-21(3)39-29(35)32(12-6-7-14-36-20-23-16-24(30)19-25(31)17-23)13-15-38-26-10-8-22(9-11-26)18-27(28(33)34)37-5-2/h8-11,16-17,19,21,27H,4-7,12-15,18,20H2,1-3H3,(H,33,34). The van der Waals surface area contributed by atoms with E-state index in [-0.39, 0.29) is 25.2 Å². The number of rotatable bonds is 18. The largest absolute Gasteiger partial charge is 0.492 e. The van der Waals surface area contributed by atoms with E-state index in [2.05, 4.69) is 0 Å². The molecule has 0 fully saturated rings. The van der Waals surface area contributed by atoms with Crippen LogP contribution in [0.4, 0.5) is 4.79 Å². The predicted molar refractivity (Wildman–Crippen MR) is 152 cm³/mol. The summed E-state index contributed by atoms with van der Waals surface area (Å²) < 4.78 is 22.4. The van der Waals surface area contributed by atoms with Crippen LogP contribution >= 0.6 is 23.2 Å². The van der Waals surface area contributed by atoms with Crippen molar-refractivity contribution in [2.45, 2.75) is 65.3 Å². The molecule has 0 spiro atoms. The minimum atomic E-state index is -0.987. The van der Waals surface area contributed by atoms with E-state index in [1.165, 1.54) is 0 Å². The SMILES string of the molecule is CCOC(Cc1ccc(OCCN(CCCCOCc2cc(Cl)cc(Cl)c2)C(=O)OC(C)CC)cc1)C(=O)O. The van der Waals surface area contributed by atoms with E-state index in [0.717, 1.165) is 30.4 Å². The summed E-state index contributed by atoms with van der Waals surface area (Å²) in [5.74, 6) is -0.356. The molecule has 0 aliphatic carbocycles. The summed E-state index contributed by atoms with van der Waals surface area (Å²) in [4.78, 5) is 25.7. The van der Waals surface area contributed by atoms with Gasteiger partial charge in [0.1, 0.15) is 18.5 Å². The molecule has 0 saturated carbocycles. The molecule has 8 nitrogen and oxygen atoms in total. The van der Waals surface area contributed by atoms with Crippen molar-refractivity contribution >= 4 is 35.3 Å². The van der Waals surface area contributed by atoms with Crippen LogP contribution in [0.15, 0.2) is 42.5 Å². The zero-order valence-electron chi connectivity index (χ0n) is 22.9. The summed E-state index contributed by atoms with van der Waals surface area (Å²) in [5.41, 5.74) is 1.75. The van der Waals surface area contributed by atoms with E-state index in [4.69, 9.17) is 42.1 Å². The molecule has 0 radical (unpaired) electrons. The zero-order valence-corrected chi connectivity index (χ0v) is 24.4. The van der Waals surface area contributed by atoms with E-state index < -0.39 is 12.1 Å². The Morgan fingerprint density at radius 1 is 0.949 bits per heavy atom. The van der Waals surface area contributed by atoms with Gasteiger partial charge in [-0.1, -0.05) is 42.3 Å². The van der Waals surface area contributed by atoms with E-state index in [9.17, 15) is 14.7 Å². The highest BCUT2D eigenvalue weighted by Gasteiger charge is 2.19. The topological polar surface area (TPSA) is 94.5 Å². The molecule has 1 N–H and O–H groups in total. The van der Waals surface area contributed by atoms with Crippen LogP contribution in [0.3, 0.4) is 0 Å². The third-order valence-corrected chi connectivity index (χ3v) is 6.35. The van der Waals surface area contributed by atoms with Crippen molar-refractivity contribution in [1.82, 2.24) is 4.90 Å². The van der Waals surface area contributed by atoms with Crippen molar-refractivity contribution in [1.29, 1.82) is 0 Å². The average molecular weight is 585 g/mol. The van der Waals surface area contributed by atoms with Crippen LogP contribution in [0.25, 0.3) is 0 Å². The molecule has 2 aromatic rings. The first kappa shape index (κ1) is 32.7. The molecule has 0 heterocycles. The zero-order chi connectivity index (χ0) is 28.6. The number of aliphatic carboxylic acids is 1. The minimum Gasteiger partial charge on any atom is -0.492 e. The fourth-order valence-corrected chi connectivity index (χ4v) is 4.21. The second-order valence-electron chi connectivity index (χ2n) is 9.11. The maximum Gasteiger partial charge on any atom is 0.410 e. The maximum atomic E-state index is 12.7. The molecule has 0 aliphatic rings. The predicted octanol–water partition coefficient (Wildman–Crippen LogP) is 6.64. The fourth-order valence-electron chi connectivity index (χ4n) is 3.64. The summed E-state index contributed by atoms with van der Waals surface area (Å²) in [5, 5.41) is 10.4. The number of amides is 1. The summed E-state index contributed by atoms with van der Waals surface area (Å²) in [6.45, 7) is 8.04. The van der Waals surface area contributed by atoms with Gasteiger partial charge >= 0.3 is 12.1 Å². The number of ether oxygens (including phenoxy) is 4. The Labute approximate surface area is 241 Å². The van der Waals surface area contributed by atoms with Crippen LogP contribution in [-0.4, -0.2) is 67.2 Å². The molecule has 2 aromatic carbocycles. The number of unbranched alkanes of at least 4 members (excludes halogenated alkanes) is 1. The normalized spacial score (nSPS) is 12.5. The Morgan fingerprint density at radius 2 is 1.64 bits per heavy atom. The molecule has 2 rings (SSSR count). The lowest BCUT2D eigenvalue weighted by Crippen LogP contribution is -2.37. The Balaban J connectivity index is 1.80. The molecule has 1 amide bonds. The van der Waals surface area contributed by atoms with Crippen LogP contribution in [0.2, 0.25) is 10.0 Å². The first-order valence-corrected chi connectivity index (χ1v) is 14.0. The Kier molecular flexibility index (Phi) is 15.0. The maximum absolute atomic E-state index is 12.7. The van der Waals surface area contributed by atoms with E-state index in [0.29, 0.717) is 48.7 Å². The lowest BCUT2D eigenvalue weighted by Gasteiger charge is -2.24. The van der Waals surface area contributed by atoms with Crippen molar-refractivity contribution in [3.8, 4) is 5.75 Å². The molecular weight excluding hydrogens is 545 g/mol. The lowest BCUT2D eigenvalue weighted by atomic mass is 10.1. The molecule has 0 aliphatic heterocycles. The first-order chi connectivity index (χ1) is 18.7. The summed E-state index contributed by atoms with van der Waals surface area (Å²) in [6.07, 6.45) is 1.09. The highest BCUT2D eigenvalue weighted by molar-refractivity contribution is 6.34. The van der Waals surface area contributed by atoms with Crippen LogP contribution in [0, 0.1) is 0 Å². The van der Waals surface area contributed by atoms with Crippen LogP contribution < -0.4 is 4.74 Å². The van der Waals surface area contributed by atoms with Crippen molar-refractivity contribution in [3.63, 3.8) is 0 Å². The van der Waals surface area contributed by atoms with Crippen molar-refractivity contribution in [2.75, 3.05) is 32.9 Å². The molecule has 10 heteroatoms. The number of carboxylic acids is 1. The van der Waals surface area contributed by atoms with Gasteiger partial charge in [-0.3, -0.25) is 0 Å². The highest BCUT2D eigenvalue weighted by atomic mass is 35.5. The monoisotopic (exact) mass is 583 g/mol. The number of halogens is 2. The van der Waals surface area contributed by atoms with Gasteiger partial charge in [-0.2, -0.15) is 0 Å². The molecule has 0 bridgehead atoms. The van der Waals surface area contributed by atoms with Crippen molar-refractivity contribution in [2.24, 2.45) is 0 Å². The molecule has 2 atom stereocenters. The fraction of sp³-hybridized carbons (Fsp3) is 0.517.